The summed E-state index contributed by atoms with van der Waals surface area (Å²) in [7, 11) is 2.05. The Bertz CT molecular complexity index is 990. The number of hydrogen-bond donors (Lipinski definition) is 1. The summed E-state index contributed by atoms with van der Waals surface area (Å²) >= 11 is 0. The lowest BCUT2D eigenvalue weighted by atomic mass is 9.86. The molecule has 0 saturated heterocycles. The molecule has 2 aromatic rings. The fourth-order valence-electron chi connectivity index (χ4n) is 4.64. The van der Waals surface area contributed by atoms with E-state index in [1.807, 2.05) is 40.0 Å². The van der Waals surface area contributed by atoms with Gasteiger partial charge in [-0.25, -0.2) is 4.79 Å². The molecule has 0 radical (unpaired) electrons. The second kappa shape index (κ2) is 8.67. The van der Waals surface area contributed by atoms with Crippen LogP contribution in [-0.4, -0.2) is 44.3 Å². The van der Waals surface area contributed by atoms with E-state index in [-0.39, 0.29) is 11.7 Å². The van der Waals surface area contributed by atoms with Crippen molar-refractivity contribution in [2.75, 3.05) is 39.1 Å². The Labute approximate surface area is 183 Å². The third-order valence-corrected chi connectivity index (χ3v) is 5.90. The molecular weight excluding hydrogens is 396 g/mol. The number of benzene rings is 2. The van der Waals surface area contributed by atoms with Gasteiger partial charge < -0.3 is 24.7 Å². The number of nitrogen functional groups attached to an aromatic ring is 1. The normalized spacial score (nSPS) is 20.1. The number of likely N-dealkylation sites (N-methyl/N-ethyl adjacent to an activating group) is 1. The molecule has 0 aromatic heterocycles. The second-order valence-electron chi connectivity index (χ2n) is 7.69. The van der Waals surface area contributed by atoms with E-state index < -0.39 is 12.1 Å². The molecule has 0 amide bonds. The molecule has 0 fully saturated rings. The Balaban J connectivity index is 1.95. The van der Waals surface area contributed by atoms with E-state index in [2.05, 4.69) is 17.0 Å². The summed E-state index contributed by atoms with van der Waals surface area (Å²) in [6.45, 7) is 7.69. The van der Waals surface area contributed by atoms with E-state index in [1.165, 1.54) is 5.56 Å². The molecule has 2 aromatic carbocycles. The second-order valence-corrected chi connectivity index (χ2v) is 7.69. The van der Waals surface area contributed by atoms with E-state index in [0.29, 0.717) is 48.2 Å². The fourth-order valence-corrected chi connectivity index (χ4v) is 4.64. The van der Waals surface area contributed by atoms with Gasteiger partial charge in [-0.05, 0) is 45.4 Å². The highest BCUT2D eigenvalue weighted by molar-refractivity contribution is 6.03. The number of rotatable bonds is 7. The highest BCUT2D eigenvalue weighted by atomic mass is 16.6. The molecule has 31 heavy (non-hydrogen) atoms. The van der Waals surface area contributed by atoms with E-state index in [0.717, 1.165) is 18.5 Å². The van der Waals surface area contributed by atoms with Gasteiger partial charge in [0.2, 0.25) is 5.75 Å². The summed E-state index contributed by atoms with van der Waals surface area (Å²) in [6.07, 6.45) is 0.387. The van der Waals surface area contributed by atoms with Gasteiger partial charge in [0.1, 0.15) is 0 Å². The van der Waals surface area contributed by atoms with Crippen molar-refractivity contribution >= 4 is 11.7 Å². The summed E-state index contributed by atoms with van der Waals surface area (Å²) in [5.74, 6) is 0.780. The summed E-state index contributed by atoms with van der Waals surface area (Å²) in [6, 6.07) is 8.14. The largest absolute Gasteiger partial charge is 0.489 e. The first-order valence-electron chi connectivity index (χ1n) is 10.9. The quantitative estimate of drug-likeness (QED) is 0.531. The lowest BCUT2D eigenvalue weighted by molar-refractivity contribution is 0.00881. The predicted molar refractivity (Wildman–Crippen MR) is 118 cm³/mol. The molecule has 0 bridgehead atoms. The van der Waals surface area contributed by atoms with Crippen LogP contribution in [0, 0.1) is 0 Å². The maximum atomic E-state index is 13.1. The van der Waals surface area contributed by atoms with Crippen LogP contribution in [0.1, 0.15) is 60.0 Å². The van der Waals surface area contributed by atoms with Crippen molar-refractivity contribution in [1.82, 2.24) is 4.90 Å². The lowest BCUT2D eigenvalue weighted by Crippen LogP contribution is -2.36. The number of fused-ring (bicyclic) bond motifs is 2. The molecule has 2 aliphatic rings. The monoisotopic (exact) mass is 426 g/mol. The van der Waals surface area contributed by atoms with Crippen LogP contribution in [0.25, 0.3) is 0 Å². The van der Waals surface area contributed by atoms with Crippen molar-refractivity contribution in [2.24, 2.45) is 0 Å². The molecule has 2 N–H and O–H groups in total. The third-order valence-electron chi connectivity index (χ3n) is 5.90. The van der Waals surface area contributed by atoms with Gasteiger partial charge in [-0.1, -0.05) is 24.3 Å². The lowest BCUT2D eigenvalue weighted by Gasteiger charge is -2.38. The number of anilines is 1. The molecule has 7 nitrogen and oxygen atoms in total. The van der Waals surface area contributed by atoms with Crippen molar-refractivity contribution in [2.45, 2.75) is 39.3 Å². The van der Waals surface area contributed by atoms with Crippen LogP contribution in [0.15, 0.2) is 24.3 Å². The standard InChI is InChI=1S/C24H30N2O5/c1-5-28-21-17-16(18(25)22(29-6-2)23(21)30-7-3)24(27)31-20(17)19-15-11-9-8-10-14(15)12-13-26(19)4/h8-11,19-20H,5-7,12-13,25H2,1-4H3. The van der Waals surface area contributed by atoms with E-state index >= 15 is 0 Å². The zero-order valence-corrected chi connectivity index (χ0v) is 18.6. The van der Waals surface area contributed by atoms with Gasteiger partial charge in [0.15, 0.2) is 17.6 Å². The third kappa shape index (κ3) is 3.47. The van der Waals surface area contributed by atoms with Crippen LogP contribution in [0.5, 0.6) is 17.2 Å². The maximum Gasteiger partial charge on any atom is 0.341 e. The first-order chi connectivity index (χ1) is 15.0. The van der Waals surface area contributed by atoms with Crippen LogP contribution in [0.4, 0.5) is 5.69 Å². The van der Waals surface area contributed by atoms with Gasteiger partial charge in [0, 0.05) is 6.54 Å². The molecule has 2 heterocycles. The fraction of sp³-hybridized carbons (Fsp3) is 0.458. The molecule has 2 aliphatic heterocycles. The predicted octanol–water partition coefficient (Wildman–Crippen LogP) is 3.91. The van der Waals surface area contributed by atoms with Gasteiger partial charge in [0.05, 0.1) is 42.7 Å². The molecular formula is C24H30N2O5. The zero-order valence-electron chi connectivity index (χ0n) is 18.6. The minimum Gasteiger partial charge on any atom is -0.489 e. The van der Waals surface area contributed by atoms with Gasteiger partial charge >= 0.3 is 5.97 Å². The Morgan fingerprint density at radius 3 is 2.39 bits per heavy atom. The molecule has 0 spiro atoms. The number of cyclic esters (lactones) is 1. The summed E-state index contributed by atoms with van der Waals surface area (Å²) in [5, 5.41) is 0. The van der Waals surface area contributed by atoms with Crippen LogP contribution in [-0.2, 0) is 11.2 Å². The smallest absolute Gasteiger partial charge is 0.341 e. The van der Waals surface area contributed by atoms with E-state index in [4.69, 9.17) is 24.7 Å². The van der Waals surface area contributed by atoms with Crippen LogP contribution < -0.4 is 19.9 Å². The molecule has 2 unspecified atom stereocenters. The highest BCUT2D eigenvalue weighted by Gasteiger charge is 2.47. The molecule has 2 atom stereocenters. The van der Waals surface area contributed by atoms with Crippen molar-refractivity contribution in [3.8, 4) is 17.2 Å². The molecule has 0 saturated carbocycles. The Morgan fingerprint density at radius 1 is 1.03 bits per heavy atom. The number of carbonyl (C=O) groups is 1. The van der Waals surface area contributed by atoms with Crippen molar-refractivity contribution in [3.63, 3.8) is 0 Å². The summed E-state index contributed by atoms with van der Waals surface area (Å²) in [4.78, 5) is 15.3. The van der Waals surface area contributed by atoms with Crippen LogP contribution in [0.3, 0.4) is 0 Å². The van der Waals surface area contributed by atoms with Gasteiger partial charge in [-0.15, -0.1) is 0 Å². The molecule has 7 heteroatoms. The first-order valence-corrected chi connectivity index (χ1v) is 10.9. The zero-order chi connectivity index (χ0) is 22.1. The number of nitrogens with zero attached hydrogens (tertiary/aromatic N) is 1. The Morgan fingerprint density at radius 2 is 1.68 bits per heavy atom. The van der Waals surface area contributed by atoms with Crippen LogP contribution in [0.2, 0.25) is 0 Å². The molecule has 4 rings (SSSR count). The highest BCUT2D eigenvalue weighted by Crippen LogP contribution is 2.56. The first kappa shape index (κ1) is 21.3. The number of ether oxygens (including phenoxy) is 4. The minimum atomic E-state index is -0.562. The van der Waals surface area contributed by atoms with E-state index in [1.54, 1.807) is 0 Å². The number of esters is 1. The van der Waals surface area contributed by atoms with E-state index in [9.17, 15) is 4.79 Å². The Hall–Kier alpha value is -2.93. The average molecular weight is 427 g/mol. The molecule has 166 valence electrons. The minimum absolute atomic E-state index is 0.152. The SMILES string of the molecule is CCOc1c(N)c2c(c(OCC)c1OCC)C(C1c3ccccc3CCN1C)OC2=O. The number of hydrogen-bond acceptors (Lipinski definition) is 7. The van der Waals surface area contributed by atoms with Gasteiger partial charge in [0.25, 0.3) is 0 Å². The Kier molecular flexibility index (Phi) is 5.96. The molecule has 0 aliphatic carbocycles. The number of nitrogens with two attached hydrogens (primary N) is 1. The maximum absolute atomic E-state index is 13.1. The average Bonchev–Trinajstić information content (AvgIpc) is 3.10. The van der Waals surface area contributed by atoms with Gasteiger partial charge in [-0.2, -0.15) is 0 Å². The van der Waals surface area contributed by atoms with Crippen molar-refractivity contribution < 1.29 is 23.7 Å². The summed E-state index contributed by atoms with van der Waals surface area (Å²) in [5.41, 5.74) is 10.1. The van der Waals surface area contributed by atoms with Crippen molar-refractivity contribution in [3.05, 3.63) is 46.5 Å². The number of carbonyl (C=O) groups excluding carboxylic acids is 1. The van der Waals surface area contributed by atoms with Gasteiger partial charge in [-0.3, -0.25) is 4.90 Å². The summed E-state index contributed by atoms with van der Waals surface area (Å²) < 4.78 is 23.8. The van der Waals surface area contributed by atoms with Crippen molar-refractivity contribution in [1.29, 1.82) is 0 Å². The van der Waals surface area contributed by atoms with Crippen LogP contribution >= 0.6 is 0 Å². The topological polar surface area (TPSA) is 83.2 Å².